The van der Waals surface area contributed by atoms with Crippen molar-refractivity contribution in [2.75, 3.05) is 11.9 Å². The van der Waals surface area contributed by atoms with Crippen LogP contribution in [0.3, 0.4) is 0 Å². The summed E-state index contributed by atoms with van der Waals surface area (Å²) >= 11 is 1.43. The third kappa shape index (κ3) is 3.96. The van der Waals surface area contributed by atoms with Gasteiger partial charge in [-0.2, -0.15) is 18.3 Å². The van der Waals surface area contributed by atoms with E-state index >= 15 is 0 Å². The number of alkyl halides is 3. The highest BCUT2D eigenvalue weighted by Gasteiger charge is 2.32. The summed E-state index contributed by atoms with van der Waals surface area (Å²) in [6.07, 6.45) is 1.79. The van der Waals surface area contributed by atoms with Gasteiger partial charge in [-0.15, -0.1) is 0 Å². The Hall–Kier alpha value is -1.57. The lowest BCUT2D eigenvalue weighted by Gasteiger charge is -2.05. The van der Waals surface area contributed by atoms with E-state index in [1.165, 1.54) is 17.7 Å². The van der Waals surface area contributed by atoms with Crippen molar-refractivity contribution in [3.8, 4) is 0 Å². The van der Waals surface area contributed by atoms with Gasteiger partial charge in [0.25, 0.3) is 0 Å². The van der Waals surface area contributed by atoms with Crippen LogP contribution in [0.15, 0.2) is 18.5 Å². The fourth-order valence-electron chi connectivity index (χ4n) is 2.19. The zero-order valence-electron chi connectivity index (χ0n) is 11.2. The van der Waals surface area contributed by atoms with Gasteiger partial charge in [0.2, 0.25) is 0 Å². The smallest absolute Gasteiger partial charge is 0.382 e. The molecule has 3 rings (SSSR count). The highest BCUT2D eigenvalue weighted by atomic mass is 32.1. The van der Waals surface area contributed by atoms with E-state index in [4.69, 9.17) is 0 Å². The number of nitrogens with zero attached hydrogens (tertiary/aromatic N) is 3. The summed E-state index contributed by atoms with van der Waals surface area (Å²) in [5.41, 5.74) is 1.50. The maximum Gasteiger partial charge on any atom is 0.408 e. The maximum atomic E-state index is 12.5. The molecular formula is C13H15F3N4S. The summed E-state index contributed by atoms with van der Waals surface area (Å²) in [6, 6.07) is 1.95. The van der Waals surface area contributed by atoms with Gasteiger partial charge >= 0.3 is 6.18 Å². The van der Waals surface area contributed by atoms with Crippen molar-refractivity contribution in [1.82, 2.24) is 14.2 Å². The summed E-state index contributed by atoms with van der Waals surface area (Å²) in [4.78, 5) is 1.15. The van der Waals surface area contributed by atoms with Crippen LogP contribution in [0.1, 0.15) is 29.3 Å². The summed E-state index contributed by atoms with van der Waals surface area (Å²) in [6.45, 7) is -0.372. The van der Waals surface area contributed by atoms with Crippen LogP contribution in [0, 0.1) is 0 Å². The van der Waals surface area contributed by atoms with E-state index in [0.29, 0.717) is 12.5 Å². The van der Waals surface area contributed by atoms with E-state index in [1.807, 2.05) is 6.07 Å². The fourth-order valence-corrected chi connectivity index (χ4v) is 2.76. The normalized spacial score (nSPS) is 15.4. The number of anilines is 1. The standard InChI is InChI=1S/C13H15F3N4S/c14-13(15,16)8-20-7-11(12(19-20)9-1-2-9)17-5-3-10-4-6-18-21-10/h4,6-7,9,17H,1-3,5,8H2. The lowest BCUT2D eigenvalue weighted by Crippen LogP contribution is -2.18. The number of halogens is 3. The SMILES string of the molecule is FC(F)(F)Cn1cc(NCCc2ccns2)c(C2CC2)n1. The summed E-state index contributed by atoms with van der Waals surface area (Å²) < 4.78 is 42.4. The molecule has 1 aliphatic rings. The molecule has 0 bridgehead atoms. The van der Waals surface area contributed by atoms with E-state index in [0.717, 1.165) is 40.2 Å². The second-order valence-electron chi connectivity index (χ2n) is 5.17. The molecule has 0 aromatic carbocycles. The minimum Gasteiger partial charge on any atom is -0.382 e. The molecule has 21 heavy (non-hydrogen) atoms. The highest BCUT2D eigenvalue weighted by Crippen LogP contribution is 2.42. The number of hydrogen-bond acceptors (Lipinski definition) is 4. The predicted molar refractivity (Wildman–Crippen MR) is 74.6 cm³/mol. The third-order valence-electron chi connectivity index (χ3n) is 3.27. The Morgan fingerprint density at radius 3 is 2.81 bits per heavy atom. The Morgan fingerprint density at radius 1 is 1.38 bits per heavy atom. The van der Waals surface area contributed by atoms with Gasteiger partial charge in [0.05, 0.1) is 11.4 Å². The first kappa shape index (κ1) is 14.4. The third-order valence-corrected chi connectivity index (χ3v) is 4.08. The molecule has 4 nitrogen and oxygen atoms in total. The monoisotopic (exact) mass is 316 g/mol. The molecular weight excluding hydrogens is 301 g/mol. The van der Waals surface area contributed by atoms with Crippen molar-refractivity contribution in [2.24, 2.45) is 0 Å². The number of nitrogens with one attached hydrogen (secondary N) is 1. The molecule has 8 heteroatoms. The Bertz CT molecular complexity index is 587. The van der Waals surface area contributed by atoms with Gasteiger partial charge in [0, 0.05) is 36.2 Å². The molecule has 2 aromatic heterocycles. The molecule has 1 aliphatic carbocycles. The van der Waals surface area contributed by atoms with Gasteiger partial charge < -0.3 is 5.32 Å². The minimum absolute atomic E-state index is 0.311. The Morgan fingerprint density at radius 2 is 2.19 bits per heavy atom. The largest absolute Gasteiger partial charge is 0.408 e. The topological polar surface area (TPSA) is 42.7 Å². The minimum atomic E-state index is -4.24. The predicted octanol–water partition coefficient (Wildman–Crippen LogP) is 3.43. The van der Waals surface area contributed by atoms with Crippen LogP contribution in [-0.2, 0) is 13.0 Å². The van der Waals surface area contributed by atoms with E-state index in [1.54, 1.807) is 6.20 Å². The first-order valence-corrected chi connectivity index (χ1v) is 7.56. The zero-order valence-corrected chi connectivity index (χ0v) is 12.0. The van der Waals surface area contributed by atoms with Crippen LogP contribution < -0.4 is 5.32 Å². The van der Waals surface area contributed by atoms with Crippen LogP contribution in [0.4, 0.5) is 18.9 Å². The molecule has 2 aromatic rings. The Kier molecular flexibility index (Phi) is 3.88. The van der Waals surface area contributed by atoms with Gasteiger partial charge in [0.15, 0.2) is 0 Å². The molecule has 0 unspecified atom stereocenters. The van der Waals surface area contributed by atoms with Crippen molar-refractivity contribution in [1.29, 1.82) is 0 Å². The molecule has 0 spiro atoms. The van der Waals surface area contributed by atoms with Crippen molar-refractivity contribution in [2.45, 2.75) is 37.9 Å². The summed E-state index contributed by atoms with van der Waals surface area (Å²) in [7, 11) is 0. The fraction of sp³-hybridized carbons (Fsp3) is 0.538. The molecule has 0 radical (unpaired) electrons. The number of aromatic nitrogens is 3. The van der Waals surface area contributed by atoms with Crippen LogP contribution in [-0.4, -0.2) is 26.9 Å². The molecule has 0 amide bonds. The molecule has 1 fully saturated rings. The van der Waals surface area contributed by atoms with Crippen molar-refractivity contribution < 1.29 is 13.2 Å². The first-order valence-electron chi connectivity index (χ1n) is 6.79. The first-order chi connectivity index (χ1) is 10.0. The molecule has 1 saturated carbocycles. The average Bonchev–Trinajstić information content (AvgIpc) is 2.95. The zero-order chi connectivity index (χ0) is 14.9. The lowest BCUT2D eigenvalue weighted by atomic mass is 10.2. The second-order valence-corrected chi connectivity index (χ2v) is 6.09. The van der Waals surface area contributed by atoms with Crippen LogP contribution in [0.25, 0.3) is 0 Å². The van der Waals surface area contributed by atoms with Crippen LogP contribution >= 0.6 is 11.5 Å². The molecule has 2 heterocycles. The molecule has 0 saturated heterocycles. The van der Waals surface area contributed by atoms with Gasteiger partial charge in [0.1, 0.15) is 6.54 Å². The molecule has 0 aliphatic heterocycles. The van der Waals surface area contributed by atoms with Gasteiger partial charge in [-0.3, -0.25) is 4.68 Å². The van der Waals surface area contributed by atoms with Gasteiger partial charge in [-0.1, -0.05) is 0 Å². The average molecular weight is 316 g/mol. The van der Waals surface area contributed by atoms with E-state index in [9.17, 15) is 13.2 Å². The Labute approximate surface area is 124 Å². The van der Waals surface area contributed by atoms with Crippen molar-refractivity contribution >= 4 is 17.2 Å². The van der Waals surface area contributed by atoms with Crippen molar-refractivity contribution in [3.05, 3.63) is 29.0 Å². The molecule has 1 N–H and O–H groups in total. The summed E-state index contributed by atoms with van der Waals surface area (Å²) in [5.74, 6) is 0.311. The van der Waals surface area contributed by atoms with Crippen LogP contribution in [0.2, 0.25) is 0 Å². The maximum absolute atomic E-state index is 12.5. The van der Waals surface area contributed by atoms with E-state index in [2.05, 4.69) is 14.8 Å². The number of rotatable bonds is 6. The van der Waals surface area contributed by atoms with Gasteiger partial charge in [-0.25, -0.2) is 4.37 Å². The molecule has 0 atom stereocenters. The second kappa shape index (κ2) is 5.67. The van der Waals surface area contributed by atoms with Gasteiger partial charge in [-0.05, 0) is 30.4 Å². The number of hydrogen-bond donors (Lipinski definition) is 1. The van der Waals surface area contributed by atoms with Crippen molar-refractivity contribution in [3.63, 3.8) is 0 Å². The van der Waals surface area contributed by atoms with Crippen LogP contribution in [0.5, 0.6) is 0 Å². The quantitative estimate of drug-likeness (QED) is 0.888. The highest BCUT2D eigenvalue weighted by molar-refractivity contribution is 7.05. The molecule has 114 valence electrons. The van der Waals surface area contributed by atoms with E-state index < -0.39 is 12.7 Å². The Balaban J connectivity index is 1.65. The lowest BCUT2D eigenvalue weighted by molar-refractivity contribution is -0.142. The summed E-state index contributed by atoms with van der Waals surface area (Å²) in [5, 5.41) is 7.30. The van der Waals surface area contributed by atoms with E-state index in [-0.39, 0.29) is 0 Å².